The Labute approximate surface area is 573 Å². The Kier molecular flexibility index (Phi) is 37.4. The lowest BCUT2D eigenvalue weighted by Gasteiger charge is -2.41. The molecule has 0 aromatic rings. The van der Waals surface area contributed by atoms with Crippen LogP contribution in [0.15, 0.2) is 12.2 Å². The van der Waals surface area contributed by atoms with Crippen molar-refractivity contribution in [1.82, 2.24) is 55.6 Å². The molecule has 1 aliphatic rings. The number of thioether (sulfide) groups is 1. The van der Waals surface area contributed by atoms with Gasteiger partial charge in [-0.15, -0.1) is 0 Å². The number of aliphatic hydroxyl groups excluding tert-OH is 2. The maximum absolute atomic E-state index is 15.4. The van der Waals surface area contributed by atoms with E-state index in [0.29, 0.717) is 25.0 Å². The van der Waals surface area contributed by atoms with Crippen molar-refractivity contribution >= 4 is 76.7 Å². The van der Waals surface area contributed by atoms with Crippen molar-refractivity contribution in [3.05, 3.63) is 12.2 Å². The average Bonchev–Trinajstić information content (AvgIpc) is 0.813. The van der Waals surface area contributed by atoms with Crippen molar-refractivity contribution in [2.45, 2.75) is 254 Å². The number of nitrogens with zero attached hydrogens (tertiary/aromatic N) is 7. The Morgan fingerprint density at radius 2 is 1.01 bits per heavy atom. The first-order valence-electron chi connectivity index (χ1n) is 34.1. The summed E-state index contributed by atoms with van der Waals surface area (Å²) in [5.74, 6) is -9.37. The summed E-state index contributed by atoms with van der Waals surface area (Å²) in [4.78, 5) is 173. The second kappa shape index (κ2) is 40.8. The molecule has 25 nitrogen and oxygen atoms in total. The van der Waals surface area contributed by atoms with E-state index in [9.17, 15) is 29.4 Å². The van der Waals surface area contributed by atoms with Gasteiger partial charge in [0.25, 0.3) is 0 Å². The van der Waals surface area contributed by atoms with Gasteiger partial charge in [0.1, 0.15) is 66.5 Å². The average molecular weight is 1360 g/mol. The van der Waals surface area contributed by atoms with Gasteiger partial charge in [0.2, 0.25) is 65.0 Å². The summed E-state index contributed by atoms with van der Waals surface area (Å²) >= 11 is 1.34. The summed E-state index contributed by atoms with van der Waals surface area (Å²) in [6.45, 7) is 29.7. The number of ether oxygens (including phenoxy) is 1. The Hall–Kier alpha value is -5.86. The number of carbonyl (C=O) groups excluding carboxylic acids is 11. The van der Waals surface area contributed by atoms with Crippen LogP contribution in [0.1, 0.15) is 175 Å². The van der Waals surface area contributed by atoms with E-state index in [0.717, 1.165) is 4.90 Å². The summed E-state index contributed by atoms with van der Waals surface area (Å²) in [6.07, 6.45) is 4.14. The minimum Gasteiger partial charge on any atom is -0.396 e. The van der Waals surface area contributed by atoms with Crippen LogP contribution in [0, 0.1) is 35.5 Å². The van der Waals surface area contributed by atoms with Crippen LogP contribution in [0.5, 0.6) is 0 Å². The zero-order valence-corrected chi connectivity index (χ0v) is 63.2. The van der Waals surface area contributed by atoms with Gasteiger partial charge < -0.3 is 70.5 Å². The van der Waals surface area contributed by atoms with Gasteiger partial charge in [-0.2, -0.15) is 11.8 Å². The van der Waals surface area contributed by atoms with Crippen LogP contribution in [0.3, 0.4) is 0 Å². The SMILES string of the molecule is C/C=C/C[C@@H](C)[C@@H](O)[C@H]1C(=O)N[C@@H](CC)C(=O)N(C)[C@H](CSCCCCO)C(=O)N(C)[C@@H](CC(C)(C)OC)C(=O)N[C@H](C(C)C)C(=O)N(C)[C@H](CCC(C)C)C(=O)N[C@H](C)C(=O)N[C@@H](C)C(=O)N(C)[C@@H](CC(C)C)C(=O)N(C)[C@@H](CC(C)C)C(=O)N(C)[C@@H](C(C)C)C(=O)N1C. The van der Waals surface area contributed by atoms with E-state index in [-0.39, 0.29) is 68.6 Å². The van der Waals surface area contributed by atoms with Crippen LogP contribution in [-0.4, -0.2) is 262 Å². The lowest BCUT2D eigenvalue weighted by Crippen LogP contribution is -2.64. The monoisotopic (exact) mass is 1360 g/mol. The van der Waals surface area contributed by atoms with E-state index in [4.69, 9.17) is 4.74 Å². The molecular weight excluding hydrogens is 1240 g/mol. The van der Waals surface area contributed by atoms with Crippen molar-refractivity contribution in [2.75, 3.05) is 74.6 Å². The summed E-state index contributed by atoms with van der Waals surface area (Å²) < 4.78 is 5.82. The molecule has 0 bridgehead atoms. The number of methoxy groups -OCH3 is 1. The quantitative estimate of drug-likeness (QED) is 0.0614. The number of likely N-dealkylation sites (N-methyl/N-ethyl adjacent to an activating group) is 7. The Balaban J connectivity index is 4.60. The first kappa shape index (κ1) is 87.2. The number of unbranched alkanes of at least 4 members (excludes halogenated alkanes) is 1. The smallest absolute Gasteiger partial charge is 0.246 e. The highest BCUT2D eigenvalue weighted by Crippen LogP contribution is 2.27. The highest BCUT2D eigenvalue weighted by molar-refractivity contribution is 7.99. The summed E-state index contributed by atoms with van der Waals surface area (Å²) in [7, 11) is 11.4. The van der Waals surface area contributed by atoms with Crippen molar-refractivity contribution in [3.63, 3.8) is 0 Å². The van der Waals surface area contributed by atoms with Gasteiger partial charge in [-0.3, -0.25) is 52.7 Å². The molecule has 13 atom stereocenters. The van der Waals surface area contributed by atoms with Crippen molar-refractivity contribution < 1.29 is 67.7 Å². The van der Waals surface area contributed by atoms with Gasteiger partial charge in [-0.05, 0) is 127 Å². The van der Waals surface area contributed by atoms with Gasteiger partial charge in [0.05, 0.1) is 11.7 Å². The molecule has 0 unspecified atom stereocenters. The lowest BCUT2D eigenvalue weighted by molar-refractivity contribution is -0.157. The molecule has 0 aromatic heterocycles. The highest BCUT2D eigenvalue weighted by Gasteiger charge is 2.47. The maximum atomic E-state index is 15.4. The molecule has 1 heterocycles. The van der Waals surface area contributed by atoms with Crippen molar-refractivity contribution in [3.8, 4) is 0 Å². The fraction of sp³-hybridized carbons (Fsp3) is 0.812. The third kappa shape index (κ3) is 25.5. The molecule has 1 saturated heterocycles. The maximum Gasteiger partial charge on any atom is 0.246 e. The number of aliphatic hydroxyl groups is 2. The summed E-state index contributed by atoms with van der Waals surface area (Å²) in [5.41, 5.74) is -1.06. The molecule has 0 saturated carbocycles. The number of amides is 11. The summed E-state index contributed by atoms with van der Waals surface area (Å²) in [6, 6.07) is -14.2. The lowest BCUT2D eigenvalue weighted by atomic mass is 9.91. The molecule has 11 amide bonds. The van der Waals surface area contributed by atoms with E-state index in [2.05, 4.69) is 21.3 Å². The molecule has 546 valence electrons. The van der Waals surface area contributed by atoms with E-state index in [1.165, 1.54) is 111 Å². The van der Waals surface area contributed by atoms with Crippen molar-refractivity contribution in [2.24, 2.45) is 35.5 Å². The molecule has 1 rings (SSSR count). The zero-order chi connectivity index (χ0) is 73.4. The Morgan fingerprint density at radius 3 is 1.49 bits per heavy atom. The topological polar surface area (TPSA) is 308 Å². The van der Waals surface area contributed by atoms with Gasteiger partial charge in [0, 0.05) is 75.2 Å². The first-order valence-corrected chi connectivity index (χ1v) is 35.3. The van der Waals surface area contributed by atoms with Gasteiger partial charge in [-0.1, -0.05) is 95.2 Å². The zero-order valence-electron chi connectivity index (χ0n) is 62.4. The first-order chi connectivity index (χ1) is 44.0. The van der Waals surface area contributed by atoms with Crippen molar-refractivity contribution in [1.29, 1.82) is 0 Å². The van der Waals surface area contributed by atoms with Crippen LogP contribution in [0.25, 0.3) is 0 Å². The second-order valence-corrected chi connectivity index (χ2v) is 29.8. The minimum absolute atomic E-state index is 0.000190. The van der Waals surface area contributed by atoms with Crippen LogP contribution >= 0.6 is 11.8 Å². The predicted octanol–water partition coefficient (Wildman–Crippen LogP) is 4.30. The molecule has 1 fully saturated rings. The summed E-state index contributed by atoms with van der Waals surface area (Å²) in [5, 5.41) is 33.1. The number of hydrogen-bond donors (Lipinski definition) is 6. The third-order valence-corrected chi connectivity index (χ3v) is 19.3. The highest BCUT2D eigenvalue weighted by atomic mass is 32.2. The molecule has 0 aromatic carbocycles. The molecular formula is C69H125N11O14S. The van der Waals surface area contributed by atoms with Crippen LogP contribution < -0.4 is 21.3 Å². The van der Waals surface area contributed by atoms with Crippen LogP contribution in [-0.2, 0) is 57.5 Å². The number of nitrogens with one attached hydrogen (secondary N) is 4. The fourth-order valence-electron chi connectivity index (χ4n) is 11.7. The standard InChI is InChI=1S/C69H125N11O14S/c1-26-28-31-45(13)57(82)56-61(86)72-48(27-2)63(88)78(22)53(39-95-35-30-29-34-81)66(91)77(21)52(38-69(16,17)94-25)60(85)73-54(43(9)10)67(92)74(18)49(33-32-40(3)4)59(84)70-46(14)58(83)71-47(15)62(87)75(19)50(36-41(5)6)64(89)76(20)51(37-42(7)8)65(90)79(23)55(44(11)12)68(93)80(56)24/h26,28,40-57,81-82H,27,29-39H2,1-25H3,(H,70,84)(H,71,83)(H,72,86)(H,73,85)/b28-26+/t45-,46-,47+,48+,49-,50+,51+,52+,53-,54-,55+,56+,57-/m1/s1. The molecule has 0 spiro atoms. The predicted molar refractivity (Wildman–Crippen MR) is 372 cm³/mol. The number of hydrogen-bond acceptors (Lipinski definition) is 15. The number of rotatable bonds is 23. The molecule has 26 heteroatoms. The van der Waals surface area contributed by atoms with E-state index in [1.807, 2.05) is 41.5 Å². The minimum atomic E-state index is -1.66. The normalized spacial score (nSPS) is 26.3. The molecule has 6 N–H and O–H groups in total. The molecule has 0 radical (unpaired) electrons. The van der Waals surface area contributed by atoms with Crippen LogP contribution in [0.2, 0.25) is 0 Å². The Bertz CT molecular complexity index is 2570. The van der Waals surface area contributed by atoms with E-state index < -0.39 is 161 Å². The van der Waals surface area contributed by atoms with Gasteiger partial charge in [-0.25, -0.2) is 0 Å². The molecule has 1 aliphatic heterocycles. The number of allylic oxidation sites excluding steroid dienone is 2. The van der Waals surface area contributed by atoms with Crippen LogP contribution in [0.4, 0.5) is 0 Å². The largest absolute Gasteiger partial charge is 0.396 e. The second-order valence-electron chi connectivity index (χ2n) is 28.7. The van der Waals surface area contributed by atoms with E-state index >= 15 is 33.6 Å². The van der Waals surface area contributed by atoms with Gasteiger partial charge in [0.15, 0.2) is 0 Å². The molecule has 95 heavy (non-hydrogen) atoms. The molecule has 0 aliphatic carbocycles. The van der Waals surface area contributed by atoms with E-state index in [1.54, 1.807) is 74.5 Å². The number of carbonyl (C=O) groups is 11. The fourth-order valence-corrected chi connectivity index (χ4v) is 12.8. The Morgan fingerprint density at radius 1 is 0.537 bits per heavy atom. The third-order valence-electron chi connectivity index (χ3n) is 18.2. The van der Waals surface area contributed by atoms with Gasteiger partial charge >= 0.3 is 0 Å².